The maximum absolute atomic E-state index is 13.3. The minimum Gasteiger partial charge on any atom is -0.370 e. The molecule has 2 N–H and O–H groups in total. The molecule has 1 aromatic carbocycles. The van der Waals surface area contributed by atoms with Crippen LogP contribution in [0, 0.1) is 5.82 Å². The SMILES string of the molecule is CCNc1ncc(Br)cc1C(=O)Nc1cc(F)cc(Cl)c1. The molecule has 0 aliphatic heterocycles. The number of amides is 1. The summed E-state index contributed by atoms with van der Waals surface area (Å²) >= 11 is 9.04. The maximum atomic E-state index is 13.3. The zero-order valence-electron chi connectivity index (χ0n) is 11.1. The van der Waals surface area contributed by atoms with E-state index in [-0.39, 0.29) is 10.7 Å². The number of rotatable bonds is 4. The molecule has 0 aliphatic rings. The van der Waals surface area contributed by atoms with Gasteiger partial charge in [-0.3, -0.25) is 4.79 Å². The Bertz CT molecular complexity index is 661. The second-order valence-electron chi connectivity index (χ2n) is 4.19. The van der Waals surface area contributed by atoms with E-state index >= 15 is 0 Å². The maximum Gasteiger partial charge on any atom is 0.259 e. The molecule has 2 aromatic rings. The van der Waals surface area contributed by atoms with Crippen molar-refractivity contribution in [2.75, 3.05) is 17.2 Å². The van der Waals surface area contributed by atoms with Gasteiger partial charge in [0.25, 0.3) is 5.91 Å². The highest BCUT2D eigenvalue weighted by Crippen LogP contribution is 2.22. The summed E-state index contributed by atoms with van der Waals surface area (Å²) in [6.07, 6.45) is 1.59. The van der Waals surface area contributed by atoms with Gasteiger partial charge in [-0.1, -0.05) is 11.6 Å². The standard InChI is InChI=1S/C14H12BrClFN3O/c1-2-18-13-12(3-8(15)7-19-13)14(21)20-11-5-9(16)4-10(17)6-11/h3-7H,2H2,1H3,(H,18,19)(H,20,21). The van der Waals surface area contributed by atoms with E-state index in [9.17, 15) is 9.18 Å². The molecule has 7 heteroatoms. The highest BCUT2D eigenvalue weighted by Gasteiger charge is 2.14. The van der Waals surface area contributed by atoms with Crippen LogP contribution in [0.5, 0.6) is 0 Å². The average Bonchev–Trinajstić information content (AvgIpc) is 2.39. The van der Waals surface area contributed by atoms with Crippen LogP contribution in [0.3, 0.4) is 0 Å². The summed E-state index contributed by atoms with van der Waals surface area (Å²) in [5, 5.41) is 5.81. The third-order valence-electron chi connectivity index (χ3n) is 2.56. The van der Waals surface area contributed by atoms with Gasteiger partial charge in [0, 0.05) is 27.9 Å². The Balaban J connectivity index is 2.29. The first-order valence-corrected chi connectivity index (χ1v) is 7.33. The van der Waals surface area contributed by atoms with Crippen LogP contribution in [0.2, 0.25) is 5.02 Å². The van der Waals surface area contributed by atoms with E-state index in [1.807, 2.05) is 6.92 Å². The molecule has 0 saturated heterocycles. The minimum atomic E-state index is -0.517. The molecule has 110 valence electrons. The Morgan fingerprint density at radius 2 is 2.14 bits per heavy atom. The molecule has 1 aromatic heterocycles. The lowest BCUT2D eigenvalue weighted by Crippen LogP contribution is -2.16. The number of nitrogens with zero attached hydrogens (tertiary/aromatic N) is 1. The van der Waals surface area contributed by atoms with E-state index < -0.39 is 11.7 Å². The lowest BCUT2D eigenvalue weighted by atomic mass is 10.2. The summed E-state index contributed by atoms with van der Waals surface area (Å²) in [6.45, 7) is 2.53. The Labute approximate surface area is 134 Å². The first-order valence-electron chi connectivity index (χ1n) is 6.16. The number of aromatic nitrogens is 1. The fourth-order valence-electron chi connectivity index (χ4n) is 1.75. The topological polar surface area (TPSA) is 54.0 Å². The molecule has 1 amide bonds. The number of nitrogens with one attached hydrogen (secondary N) is 2. The zero-order chi connectivity index (χ0) is 15.4. The molecule has 0 saturated carbocycles. The van der Waals surface area contributed by atoms with E-state index in [0.717, 1.165) is 0 Å². The summed E-state index contributed by atoms with van der Waals surface area (Å²) in [5.74, 6) is -0.459. The summed E-state index contributed by atoms with van der Waals surface area (Å²) < 4.78 is 13.9. The first kappa shape index (κ1) is 15.7. The predicted molar refractivity (Wildman–Crippen MR) is 85.5 cm³/mol. The average molecular weight is 373 g/mol. The molecule has 0 bridgehead atoms. The van der Waals surface area contributed by atoms with Crippen molar-refractivity contribution in [2.45, 2.75) is 6.92 Å². The molecule has 2 rings (SSSR count). The second-order valence-corrected chi connectivity index (χ2v) is 5.54. The molecule has 21 heavy (non-hydrogen) atoms. The van der Waals surface area contributed by atoms with E-state index in [0.29, 0.717) is 22.4 Å². The van der Waals surface area contributed by atoms with Crippen LogP contribution >= 0.6 is 27.5 Å². The number of pyridine rings is 1. The largest absolute Gasteiger partial charge is 0.370 e. The Kier molecular flexibility index (Phi) is 5.14. The number of carbonyl (C=O) groups is 1. The van der Waals surface area contributed by atoms with Crippen molar-refractivity contribution in [3.8, 4) is 0 Å². The number of benzene rings is 1. The van der Waals surface area contributed by atoms with Gasteiger partial charge in [0.05, 0.1) is 5.56 Å². The number of halogens is 3. The van der Waals surface area contributed by atoms with Gasteiger partial charge in [0.15, 0.2) is 0 Å². The number of carbonyl (C=O) groups excluding carboxylic acids is 1. The van der Waals surface area contributed by atoms with E-state index in [2.05, 4.69) is 31.5 Å². The number of anilines is 2. The van der Waals surface area contributed by atoms with Crippen molar-refractivity contribution in [1.29, 1.82) is 0 Å². The summed E-state index contributed by atoms with van der Waals surface area (Å²) in [6, 6.07) is 5.48. The molecule has 0 radical (unpaired) electrons. The zero-order valence-corrected chi connectivity index (χ0v) is 13.4. The molecule has 0 spiro atoms. The quantitative estimate of drug-likeness (QED) is 0.840. The van der Waals surface area contributed by atoms with Crippen LogP contribution in [0.1, 0.15) is 17.3 Å². The Morgan fingerprint density at radius 3 is 2.81 bits per heavy atom. The highest BCUT2D eigenvalue weighted by molar-refractivity contribution is 9.10. The summed E-state index contributed by atoms with van der Waals surface area (Å²) in [5.41, 5.74) is 0.638. The van der Waals surface area contributed by atoms with Crippen LogP contribution in [-0.2, 0) is 0 Å². The van der Waals surface area contributed by atoms with Crippen LogP contribution in [0.4, 0.5) is 15.9 Å². The molecule has 1 heterocycles. The number of hydrogen-bond donors (Lipinski definition) is 2. The summed E-state index contributed by atoms with van der Waals surface area (Å²) in [7, 11) is 0. The van der Waals surface area contributed by atoms with Crippen molar-refractivity contribution in [3.05, 3.63) is 51.3 Å². The van der Waals surface area contributed by atoms with Gasteiger partial charge in [0.2, 0.25) is 0 Å². The van der Waals surface area contributed by atoms with Crippen molar-refractivity contribution in [1.82, 2.24) is 4.98 Å². The Morgan fingerprint density at radius 1 is 1.38 bits per heavy atom. The van der Waals surface area contributed by atoms with Crippen LogP contribution in [0.25, 0.3) is 0 Å². The lowest BCUT2D eigenvalue weighted by Gasteiger charge is -2.11. The normalized spacial score (nSPS) is 10.3. The molecule has 0 aliphatic carbocycles. The fraction of sp³-hybridized carbons (Fsp3) is 0.143. The first-order chi connectivity index (χ1) is 9.99. The van der Waals surface area contributed by atoms with Crippen molar-refractivity contribution < 1.29 is 9.18 Å². The van der Waals surface area contributed by atoms with Crippen molar-refractivity contribution in [3.63, 3.8) is 0 Å². The molecule has 0 fully saturated rings. The molecule has 0 unspecified atom stereocenters. The Hall–Kier alpha value is -1.66. The van der Waals surface area contributed by atoms with E-state index in [4.69, 9.17) is 11.6 Å². The lowest BCUT2D eigenvalue weighted by molar-refractivity contribution is 0.102. The summed E-state index contributed by atoms with van der Waals surface area (Å²) in [4.78, 5) is 16.5. The van der Waals surface area contributed by atoms with Gasteiger partial charge in [-0.25, -0.2) is 9.37 Å². The number of hydrogen-bond acceptors (Lipinski definition) is 3. The van der Waals surface area contributed by atoms with Gasteiger partial charge in [-0.05, 0) is 47.1 Å². The van der Waals surface area contributed by atoms with Gasteiger partial charge in [-0.15, -0.1) is 0 Å². The van der Waals surface area contributed by atoms with Crippen molar-refractivity contribution >= 4 is 44.9 Å². The third kappa shape index (κ3) is 4.15. The van der Waals surface area contributed by atoms with Crippen LogP contribution < -0.4 is 10.6 Å². The predicted octanol–water partition coefficient (Wildman–Crippen LogP) is 4.32. The smallest absolute Gasteiger partial charge is 0.259 e. The molecule has 4 nitrogen and oxygen atoms in total. The molecular formula is C14H12BrClFN3O. The van der Waals surface area contributed by atoms with Crippen LogP contribution in [0.15, 0.2) is 34.9 Å². The highest BCUT2D eigenvalue weighted by atomic mass is 79.9. The van der Waals surface area contributed by atoms with Gasteiger partial charge in [-0.2, -0.15) is 0 Å². The molecular weight excluding hydrogens is 361 g/mol. The second kappa shape index (κ2) is 6.87. The van der Waals surface area contributed by atoms with Gasteiger partial charge in [0.1, 0.15) is 11.6 Å². The van der Waals surface area contributed by atoms with Gasteiger partial charge >= 0.3 is 0 Å². The monoisotopic (exact) mass is 371 g/mol. The van der Waals surface area contributed by atoms with E-state index in [1.165, 1.54) is 18.2 Å². The van der Waals surface area contributed by atoms with Crippen LogP contribution in [-0.4, -0.2) is 17.4 Å². The van der Waals surface area contributed by atoms with E-state index in [1.54, 1.807) is 12.3 Å². The minimum absolute atomic E-state index is 0.213. The third-order valence-corrected chi connectivity index (χ3v) is 3.22. The fourth-order valence-corrected chi connectivity index (χ4v) is 2.30. The molecule has 0 atom stereocenters. The van der Waals surface area contributed by atoms with Gasteiger partial charge < -0.3 is 10.6 Å². The van der Waals surface area contributed by atoms with Crippen molar-refractivity contribution in [2.24, 2.45) is 0 Å².